The highest BCUT2D eigenvalue weighted by Crippen LogP contribution is 2.18. The van der Waals surface area contributed by atoms with Gasteiger partial charge in [-0.1, -0.05) is 0 Å². The van der Waals surface area contributed by atoms with Crippen molar-refractivity contribution < 1.29 is 9.90 Å². The van der Waals surface area contributed by atoms with Crippen molar-refractivity contribution >= 4 is 11.6 Å². The minimum absolute atomic E-state index is 0.378. The van der Waals surface area contributed by atoms with Gasteiger partial charge in [0.15, 0.2) is 0 Å². The average Bonchev–Trinajstić information content (AvgIpc) is 2.56. The zero-order valence-electron chi connectivity index (χ0n) is 9.01. The molecule has 0 amide bonds. The molecule has 2 heterocycles. The highest BCUT2D eigenvalue weighted by molar-refractivity contribution is 5.75. The molecule has 0 saturated carbocycles. The maximum Gasteiger partial charge on any atom is 0.326 e. The summed E-state index contributed by atoms with van der Waals surface area (Å²) in [6, 6.07) is 0.622. The largest absolute Gasteiger partial charge is 0.480 e. The van der Waals surface area contributed by atoms with Gasteiger partial charge >= 0.3 is 5.97 Å². The van der Waals surface area contributed by atoms with Crippen LogP contribution in [0, 0.1) is 13.8 Å². The summed E-state index contributed by atoms with van der Waals surface area (Å²) < 4.78 is 1.79. The lowest BCUT2D eigenvalue weighted by Gasteiger charge is -2.04. The number of aromatic nitrogens is 3. The molecule has 6 heteroatoms. The SMILES string of the molecule is Cc1nccc2nc(C(N)C(=O)O)c(C)n12. The summed E-state index contributed by atoms with van der Waals surface area (Å²) in [5.41, 5.74) is 7.32. The van der Waals surface area contributed by atoms with Gasteiger partial charge in [0, 0.05) is 11.9 Å². The smallest absolute Gasteiger partial charge is 0.326 e. The van der Waals surface area contributed by atoms with Gasteiger partial charge in [0.25, 0.3) is 0 Å². The minimum atomic E-state index is -1.10. The van der Waals surface area contributed by atoms with E-state index in [-0.39, 0.29) is 0 Å². The third-order valence-electron chi connectivity index (χ3n) is 2.54. The Morgan fingerprint density at radius 2 is 2.25 bits per heavy atom. The first-order valence-electron chi connectivity index (χ1n) is 4.81. The van der Waals surface area contributed by atoms with Crippen LogP contribution in [0.5, 0.6) is 0 Å². The Morgan fingerprint density at radius 3 is 2.81 bits per heavy atom. The summed E-state index contributed by atoms with van der Waals surface area (Å²) in [4.78, 5) is 19.2. The van der Waals surface area contributed by atoms with E-state index in [9.17, 15) is 4.79 Å². The van der Waals surface area contributed by atoms with Gasteiger partial charge < -0.3 is 10.8 Å². The fourth-order valence-corrected chi connectivity index (χ4v) is 1.74. The Hall–Kier alpha value is -1.95. The van der Waals surface area contributed by atoms with Gasteiger partial charge in [0.05, 0.1) is 5.69 Å². The number of aryl methyl sites for hydroxylation is 2. The maximum atomic E-state index is 10.8. The Labute approximate surface area is 91.7 Å². The molecular formula is C10H12N4O2. The zero-order chi connectivity index (χ0) is 11.9. The molecule has 0 radical (unpaired) electrons. The Bertz CT molecular complexity index is 561. The van der Waals surface area contributed by atoms with E-state index in [4.69, 9.17) is 10.8 Å². The van der Waals surface area contributed by atoms with Crippen LogP contribution >= 0.6 is 0 Å². The van der Waals surface area contributed by atoms with Crippen LogP contribution in [-0.2, 0) is 4.79 Å². The highest BCUT2D eigenvalue weighted by atomic mass is 16.4. The lowest BCUT2D eigenvalue weighted by Crippen LogP contribution is -2.22. The molecule has 2 aromatic heterocycles. The Kier molecular flexibility index (Phi) is 2.35. The van der Waals surface area contributed by atoms with E-state index in [0.29, 0.717) is 11.3 Å². The van der Waals surface area contributed by atoms with Gasteiger partial charge in [0.2, 0.25) is 0 Å². The second kappa shape index (κ2) is 3.57. The summed E-state index contributed by atoms with van der Waals surface area (Å²) >= 11 is 0. The lowest BCUT2D eigenvalue weighted by molar-refractivity contribution is -0.138. The first-order valence-corrected chi connectivity index (χ1v) is 4.81. The normalized spacial score (nSPS) is 12.9. The third-order valence-corrected chi connectivity index (χ3v) is 2.54. The van der Waals surface area contributed by atoms with Crippen LogP contribution in [0.4, 0.5) is 0 Å². The second-order valence-corrected chi connectivity index (χ2v) is 3.58. The first kappa shape index (κ1) is 10.6. The fraction of sp³-hybridized carbons (Fsp3) is 0.300. The average molecular weight is 220 g/mol. The van der Waals surface area contributed by atoms with Crippen LogP contribution in [0.3, 0.4) is 0 Å². The summed E-state index contributed by atoms with van der Waals surface area (Å²) in [6.45, 7) is 3.62. The number of imidazole rings is 1. The van der Waals surface area contributed by atoms with Crippen molar-refractivity contribution in [2.75, 3.05) is 0 Å². The summed E-state index contributed by atoms with van der Waals surface area (Å²) in [5.74, 6) is -0.330. The highest BCUT2D eigenvalue weighted by Gasteiger charge is 2.21. The Balaban J connectivity index is 2.70. The molecule has 6 nitrogen and oxygen atoms in total. The molecule has 1 unspecified atom stereocenters. The molecule has 0 aliphatic carbocycles. The molecule has 0 aromatic carbocycles. The van der Waals surface area contributed by atoms with E-state index >= 15 is 0 Å². The van der Waals surface area contributed by atoms with Crippen LogP contribution in [0.1, 0.15) is 23.3 Å². The number of nitrogens with zero attached hydrogens (tertiary/aromatic N) is 3. The predicted molar refractivity (Wildman–Crippen MR) is 57.0 cm³/mol. The number of rotatable bonds is 2. The van der Waals surface area contributed by atoms with Crippen molar-refractivity contribution in [1.29, 1.82) is 0 Å². The zero-order valence-corrected chi connectivity index (χ0v) is 9.01. The number of carboxylic acids is 1. The topological polar surface area (TPSA) is 93.5 Å². The van der Waals surface area contributed by atoms with Gasteiger partial charge in [-0.25, -0.2) is 9.97 Å². The molecule has 0 bridgehead atoms. The third kappa shape index (κ3) is 1.43. The number of carboxylic acid groups (broad SMARTS) is 1. The van der Waals surface area contributed by atoms with Crippen molar-refractivity contribution in [1.82, 2.24) is 14.4 Å². The quantitative estimate of drug-likeness (QED) is 0.765. The van der Waals surface area contributed by atoms with Gasteiger partial charge in [-0.2, -0.15) is 0 Å². The molecular weight excluding hydrogens is 208 g/mol. The van der Waals surface area contributed by atoms with E-state index in [1.165, 1.54) is 0 Å². The predicted octanol–water partition coefficient (Wildman–Crippen LogP) is 0.431. The van der Waals surface area contributed by atoms with Crippen molar-refractivity contribution in [3.63, 3.8) is 0 Å². The molecule has 84 valence electrons. The van der Waals surface area contributed by atoms with E-state index in [1.807, 2.05) is 6.92 Å². The molecule has 3 N–H and O–H groups in total. The van der Waals surface area contributed by atoms with Crippen molar-refractivity contribution in [2.45, 2.75) is 19.9 Å². The summed E-state index contributed by atoms with van der Waals surface area (Å²) in [5, 5.41) is 8.86. The molecule has 0 aliphatic rings. The van der Waals surface area contributed by atoms with Crippen molar-refractivity contribution in [2.24, 2.45) is 5.73 Å². The molecule has 0 fully saturated rings. The molecule has 0 aliphatic heterocycles. The van der Waals surface area contributed by atoms with Gasteiger partial charge in [-0.15, -0.1) is 0 Å². The summed E-state index contributed by atoms with van der Waals surface area (Å²) in [6.07, 6.45) is 1.63. The number of fused-ring (bicyclic) bond motifs is 1. The number of hydrogen-bond acceptors (Lipinski definition) is 4. The Morgan fingerprint density at radius 1 is 1.56 bits per heavy atom. The van der Waals surface area contributed by atoms with Crippen molar-refractivity contribution in [3.8, 4) is 0 Å². The van der Waals surface area contributed by atoms with E-state index in [0.717, 1.165) is 11.5 Å². The first-order chi connectivity index (χ1) is 7.52. The minimum Gasteiger partial charge on any atom is -0.480 e. The van der Waals surface area contributed by atoms with E-state index in [2.05, 4.69) is 9.97 Å². The molecule has 0 spiro atoms. The number of nitrogens with two attached hydrogens (primary N) is 1. The van der Waals surface area contributed by atoms with Gasteiger partial charge in [-0.05, 0) is 19.9 Å². The van der Waals surface area contributed by atoms with Gasteiger partial charge in [-0.3, -0.25) is 9.20 Å². The number of carbonyl (C=O) groups is 1. The lowest BCUT2D eigenvalue weighted by atomic mass is 10.2. The van der Waals surface area contributed by atoms with Crippen LogP contribution < -0.4 is 5.73 Å². The van der Waals surface area contributed by atoms with Crippen LogP contribution in [-0.4, -0.2) is 25.4 Å². The van der Waals surface area contributed by atoms with Gasteiger partial charge in [0.1, 0.15) is 17.5 Å². The van der Waals surface area contributed by atoms with Crippen molar-refractivity contribution in [3.05, 3.63) is 29.5 Å². The maximum absolute atomic E-state index is 10.8. The molecule has 16 heavy (non-hydrogen) atoms. The van der Waals surface area contributed by atoms with E-state index in [1.54, 1.807) is 23.6 Å². The molecule has 2 rings (SSSR count). The standard InChI is InChI=1S/C10H12N4O2/c1-5-9(8(11)10(15)16)13-7-3-4-12-6(2)14(5)7/h3-4,8H,11H2,1-2H3,(H,15,16). The number of aliphatic carboxylic acids is 1. The fourth-order valence-electron chi connectivity index (χ4n) is 1.74. The van der Waals surface area contributed by atoms with Crippen LogP contribution in [0.25, 0.3) is 5.65 Å². The molecule has 0 saturated heterocycles. The van der Waals surface area contributed by atoms with Crippen LogP contribution in [0.2, 0.25) is 0 Å². The summed E-state index contributed by atoms with van der Waals surface area (Å²) in [7, 11) is 0. The number of hydrogen-bond donors (Lipinski definition) is 2. The second-order valence-electron chi connectivity index (χ2n) is 3.58. The molecule has 2 aromatic rings. The molecule has 1 atom stereocenters. The monoisotopic (exact) mass is 220 g/mol. The van der Waals surface area contributed by atoms with Crippen LogP contribution in [0.15, 0.2) is 12.3 Å². The van der Waals surface area contributed by atoms with E-state index < -0.39 is 12.0 Å².